The molecule has 9 nitrogen and oxygen atoms in total. The van der Waals surface area contributed by atoms with Crippen LogP contribution in [0.3, 0.4) is 0 Å². The molecule has 9 heteroatoms. The van der Waals surface area contributed by atoms with Gasteiger partial charge in [0.15, 0.2) is 12.4 Å². The predicted molar refractivity (Wildman–Crippen MR) is 435 cm³/mol. The second kappa shape index (κ2) is 81.4. The van der Waals surface area contributed by atoms with Crippen LogP contribution in [0.15, 0.2) is 122 Å². The third kappa shape index (κ3) is 82.8. The molecule has 0 rings (SSSR count). The molecule has 0 aliphatic heterocycles. The number of hydrogen-bond acceptors (Lipinski definition) is 8. The number of aliphatic carboxylic acids is 1. The van der Waals surface area contributed by atoms with Gasteiger partial charge in [-0.1, -0.05) is 386 Å². The maximum Gasteiger partial charge on any atom is 0.306 e. The summed E-state index contributed by atoms with van der Waals surface area (Å²) in [6.07, 6.45) is 113. The van der Waals surface area contributed by atoms with Crippen molar-refractivity contribution in [3.8, 4) is 0 Å². The number of unbranched alkanes of at least 4 members (excludes halogenated alkanes) is 44. The number of carboxylic acid groups (broad SMARTS) is 1. The zero-order valence-electron chi connectivity index (χ0n) is 66.8. The number of allylic oxidation sites excluding steroid dienone is 20. The minimum atomic E-state index is -1.63. The summed E-state index contributed by atoms with van der Waals surface area (Å²) in [6, 6.07) is 0. The Hall–Kier alpha value is -4.31. The lowest BCUT2D eigenvalue weighted by Crippen LogP contribution is -2.44. The lowest BCUT2D eigenvalue weighted by molar-refractivity contribution is -0.870. The summed E-state index contributed by atoms with van der Waals surface area (Å²) in [4.78, 5) is 37.7. The van der Waals surface area contributed by atoms with E-state index in [-0.39, 0.29) is 32.2 Å². The zero-order chi connectivity index (χ0) is 73.2. The molecular formula is C92H161NO8. The Morgan fingerprint density at radius 3 is 0.842 bits per heavy atom. The minimum absolute atomic E-state index is 0.146. The Kier molecular flexibility index (Phi) is 77.9. The number of carboxylic acids is 1. The Balaban J connectivity index is 3.99. The van der Waals surface area contributed by atoms with E-state index in [1.54, 1.807) is 0 Å². The fourth-order valence-corrected chi connectivity index (χ4v) is 12.2. The van der Waals surface area contributed by atoms with Crippen molar-refractivity contribution in [1.82, 2.24) is 0 Å². The monoisotopic (exact) mass is 1410 g/mol. The molecule has 0 aromatic rings. The quantitative estimate of drug-likeness (QED) is 0.0195. The molecule has 0 N–H and O–H groups in total. The Bertz CT molecular complexity index is 2090. The Morgan fingerprint density at radius 1 is 0.307 bits per heavy atom. The average Bonchev–Trinajstić information content (AvgIpc) is 1.21. The van der Waals surface area contributed by atoms with Crippen LogP contribution < -0.4 is 5.11 Å². The van der Waals surface area contributed by atoms with Gasteiger partial charge in [0, 0.05) is 12.8 Å². The van der Waals surface area contributed by atoms with Crippen LogP contribution in [0.1, 0.15) is 386 Å². The van der Waals surface area contributed by atoms with Crippen molar-refractivity contribution in [2.24, 2.45) is 0 Å². The molecule has 0 radical (unpaired) electrons. The highest BCUT2D eigenvalue weighted by Gasteiger charge is 2.22. The molecule has 0 aliphatic rings. The van der Waals surface area contributed by atoms with Gasteiger partial charge in [-0.15, -0.1) is 0 Å². The summed E-state index contributed by atoms with van der Waals surface area (Å²) in [5, 5.41) is 11.9. The van der Waals surface area contributed by atoms with E-state index in [2.05, 4.69) is 135 Å². The van der Waals surface area contributed by atoms with Gasteiger partial charge >= 0.3 is 11.9 Å². The molecule has 0 aliphatic carbocycles. The van der Waals surface area contributed by atoms with Gasteiger partial charge in [0.1, 0.15) is 13.2 Å². The first-order chi connectivity index (χ1) is 49.6. The first-order valence-corrected chi connectivity index (χ1v) is 42.7. The molecule has 0 saturated carbocycles. The summed E-state index contributed by atoms with van der Waals surface area (Å²) in [6.45, 7) is 4.67. The van der Waals surface area contributed by atoms with E-state index in [0.717, 1.165) is 96.3 Å². The number of carbonyl (C=O) groups excluding carboxylic acids is 3. The zero-order valence-corrected chi connectivity index (χ0v) is 66.8. The van der Waals surface area contributed by atoms with Crippen LogP contribution in [0, 0.1) is 0 Å². The number of rotatable bonds is 79. The highest BCUT2D eigenvalue weighted by molar-refractivity contribution is 5.70. The highest BCUT2D eigenvalue weighted by Crippen LogP contribution is 2.19. The largest absolute Gasteiger partial charge is 0.545 e. The van der Waals surface area contributed by atoms with E-state index in [4.69, 9.17) is 18.9 Å². The predicted octanol–water partition coefficient (Wildman–Crippen LogP) is 26.5. The van der Waals surface area contributed by atoms with Crippen LogP contribution in [0.5, 0.6) is 0 Å². The number of carbonyl (C=O) groups is 3. The van der Waals surface area contributed by atoms with Gasteiger partial charge in [0.05, 0.1) is 40.3 Å². The van der Waals surface area contributed by atoms with Crippen molar-refractivity contribution in [2.75, 3.05) is 47.5 Å². The van der Waals surface area contributed by atoms with E-state index < -0.39 is 24.3 Å². The number of ether oxygens (including phenoxy) is 4. The lowest BCUT2D eigenvalue weighted by atomic mass is 10.0. The number of hydrogen-bond donors (Lipinski definition) is 0. The molecule has 101 heavy (non-hydrogen) atoms. The van der Waals surface area contributed by atoms with Crippen molar-refractivity contribution >= 4 is 17.9 Å². The second-order valence-electron chi connectivity index (χ2n) is 29.7. The number of quaternary nitrogens is 1. The van der Waals surface area contributed by atoms with Gasteiger partial charge in [-0.3, -0.25) is 9.59 Å². The molecule has 0 saturated heterocycles. The van der Waals surface area contributed by atoms with Crippen LogP contribution >= 0.6 is 0 Å². The number of nitrogens with zero attached hydrogens (tertiary/aromatic N) is 1. The smallest absolute Gasteiger partial charge is 0.306 e. The van der Waals surface area contributed by atoms with Crippen molar-refractivity contribution in [3.63, 3.8) is 0 Å². The van der Waals surface area contributed by atoms with Gasteiger partial charge in [0.2, 0.25) is 0 Å². The summed E-state index contributed by atoms with van der Waals surface area (Å²) in [5.41, 5.74) is 0. The first-order valence-electron chi connectivity index (χ1n) is 42.7. The van der Waals surface area contributed by atoms with Gasteiger partial charge in [-0.25, -0.2) is 0 Å². The maximum absolute atomic E-state index is 13.0. The van der Waals surface area contributed by atoms with E-state index >= 15 is 0 Å². The summed E-state index contributed by atoms with van der Waals surface area (Å²) < 4.78 is 22.9. The maximum atomic E-state index is 13.0. The van der Waals surface area contributed by atoms with Crippen molar-refractivity contribution in [3.05, 3.63) is 122 Å². The molecule has 582 valence electrons. The van der Waals surface area contributed by atoms with Crippen LogP contribution in [-0.4, -0.2) is 82.3 Å². The third-order valence-electron chi connectivity index (χ3n) is 18.7. The second-order valence-corrected chi connectivity index (χ2v) is 29.7. The summed E-state index contributed by atoms with van der Waals surface area (Å²) in [7, 11) is 5.94. The summed E-state index contributed by atoms with van der Waals surface area (Å²) in [5.74, 6) is -2.27. The van der Waals surface area contributed by atoms with E-state index in [9.17, 15) is 19.5 Å². The van der Waals surface area contributed by atoms with Crippen LogP contribution in [0.25, 0.3) is 0 Å². The molecule has 2 atom stereocenters. The van der Waals surface area contributed by atoms with Crippen LogP contribution in [0.4, 0.5) is 0 Å². The van der Waals surface area contributed by atoms with Crippen molar-refractivity contribution in [1.29, 1.82) is 0 Å². The normalized spacial score (nSPS) is 13.2. The first kappa shape index (κ1) is 96.7. The molecular weight excluding hydrogens is 1250 g/mol. The molecule has 0 spiro atoms. The number of likely N-dealkylation sites (N-methyl/N-ethyl adjacent to an activating group) is 1. The summed E-state index contributed by atoms with van der Waals surface area (Å²) >= 11 is 0. The molecule has 0 amide bonds. The SMILES string of the molecule is CC/C=C\C/C=C\C/C=C\C/C=C\C/C=C\C/C=C\C/C=C\C/C=C\CCCCCCCCCCCCCCCCC(=O)OC(COC(=O)CCCCCCCCCCCCCCCCCCCCCCCCCCC/C=C\C/C=C\CCCCCCC)COC(OCC[N+](C)(C)C)C(=O)[O-]. The Morgan fingerprint density at radius 2 is 0.564 bits per heavy atom. The van der Waals surface area contributed by atoms with Crippen LogP contribution in [0.2, 0.25) is 0 Å². The molecule has 0 heterocycles. The fraction of sp³-hybridized carbons (Fsp3) is 0.750. The molecule has 0 fully saturated rings. The molecule has 0 aromatic carbocycles. The lowest BCUT2D eigenvalue weighted by Gasteiger charge is -2.26. The average molecular weight is 1410 g/mol. The Labute approximate surface area is 625 Å². The van der Waals surface area contributed by atoms with Gasteiger partial charge < -0.3 is 33.3 Å². The topological polar surface area (TPSA) is 111 Å². The van der Waals surface area contributed by atoms with Crippen molar-refractivity contribution < 1.29 is 42.9 Å². The van der Waals surface area contributed by atoms with Crippen molar-refractivity contribution in [2.45, 2.75) is 399 Å². The third-order valence-corrected chi connectivity index (χ3v) is 18.7. The fourth-order valence-electron chi connectivity index (χ4n) is 12.2. The van der Waals surface area contributed by atoms with E-state index in [1.165, 1.54) is 257 Å². The number of esters is 2. The van der Waals surface area contributed by atoms with Crippen LogP contribution in [-0.2, 0) is 33.3 Å². The van der Waals surface area contributed by atoms with E-state index in [1.807, 2.05) is 21.1 Å². The van der Waals surface area contributed by atoms with Gasteiger partial charge in [-0.05, 0) is 109 Å². The standard InChI is InChI=1S/C92H161NO8/c1-6-8-10-12-14-16-18-20-22-24-26-28-30-32-34-36-38-40-42-44-45-47-49-51-53-55-57-59-61-63-65-67-69-71-73-75-77-79-81-83-90(95)101-88(87-100-92(91(96)97)98-85-84-93(3,4)5)86-99-89(94)82-80-78-76-74-72-70-68-66-64-62-60-58-56-54-52-50-48-46-43-41-39-37-35-33-31-29-27-25-23-21-19-17-15-13-11-9-7-2/h8,10,14,16,19-22,25-28,32,34,38,40,44-45,49,51,88,92H,6-7,9,11-13,15,17-18,23-24,29-31,33,35-37,39,41-43,46-48,50,52-87H2,1-5H3/b10-8-,16-14-,21-19-,22-20-,27-25-,28-26-,34-32-,40-38-,45-44-,51-49-. The molecule has 0 bridgehead atoms. The van der Waals surface area contributed by atoms with Gasteiger partial charge in [0.25, 0.3) is 0 Å². The minimum Gasteiger partial charge on any atom is -0.545 e. The molecule has 0 aromatic heterocycles. The van der Waals surface area contributed by atoms with E-state index in [0.29, 0.717) is 23.9 Å². The van der Waals surface area contributed by atoms with Gasteiger partial charge in [-0.2, -0.15) is 0 Å². The molecule has 2 unspecified atom stereocenters. The highest BCUT2D eigenvalue weighted by atomic mass is 16.7.